The minimum atomic E-state index is -0.150. The fourth-order valence-corrected chi connectivity index (χ4v) is 3.63. The van der Waals surface area contributed by atoms with Gasteiger partial charge in [0.1, 0.15) is 11.9 Å². The maximum Gasteiger partial charge on any atom is 0.254 e. The molecule has 0 aliphatic heterocycles. The van der Waals surface area contributed by atoms with Crippen LogP contribution in [0.15, 0.2) is 60.9 Å². The number of fused-ring (bicyclic) bond motifs is 1. The van der Waals surface area contributed by atoms with Crippen molar-refractivity contribution in [3.8, 4) is 6.07 Å². The Kier molecular flexibility index (Phi) is 6.07. The zero-order chi connectivity index (χ0) is 22.7. The molecule has 158 valence electrons. The van der Waals surface area contributed by atoms with E-state index in [0.717, 1.165) is 27.5 Å². The maximum absolute atomic E-state index is 13.5. The number of aryl methyl sites for hydroxylation is 1. The van der Waals surface area contributed by atoms with Gasteiger partial charge in [-0.1, -0.05) is 6.07 Å². The minimum absolute atomic E-state index is 0.150. The Labute approximate surface area is 188 Å². The zero-order valence-corrected chi connectivity index (χ0v) is 18.6. The number of nitriles is 1. The van der Waals surface area contributed by atoms with Crippen LogP contribution in [0.3, 0.4) is 0 Å². The number of nitrogen functional groups attached to an aromatic ring is 1. The number of rotatable bonds is 5. The number of carbonyl (C=O) groups excluding carboxylic acids is 1. The number of hydrogen-bond donors (Lipinski definition) is 1. The smallest absolute Gasteiger partial charge is 0.254 e. The highest BCUT2D eigenvalue weighted by Crippen LogP contribution is 2.21. The molecule has 3 heterocycles. The molecule has 0 aliphatic rings. The van der Waals surface area contributed by atoms with Gasteiger partial charge >= 0.3 is 0 Å². The van der Waals surface area contributed by atoms with E-state index in [9.17, 15) is 4.79 Å². The number of anilines is 1. The molecule has 1 aromatic carbocycles. The van der Waals surface area contributed by atoms with Crippen molar-refractivity contribution in [3.05, 3.63) is 89.0 Å². The van der Waals surface area contributed by atoms with E-state index < -0.39 is 0 Å². The molecule has 32 heavy (non-hydrogen) atoms. The highest BCUT2D eigenvalue weighted by Gasteiger charge is 2.19. The summed E-state index contributed by atoms with van der Waals surface area (Å²) in [5.41, 5.74) is 10.00. The van der Waals surface area contributed by atoms with Crippen LogP contribution in [0.4, 0.5) is 5.82 Å². The summed E-state index contributed by atoms with van der Waals surface area (Å²) in [4.78, 5) is 28.4. The molecule has 1 unspecified atom stereocenters. The van der Waals surface area contributed by atoms with Gasteiger partial charge in [0.2, 0.25) is 0 Å². The Bertz CT molecular complexity index is 1350. The van der Waals surface area contributed by atoms with Crippen molar-refractivity contribution in [3.63, 3.8) is 0 Å². The molecular formula is C24H21N6OP. The second kappa shape index (κ2) is 9.09. The minimum Gasteiger partial charge on any atom is -0.383 e. The fourth-order valence-electron chi connectivity index (χ4n) is 3.36. The highest BCUT2D eigenvalue weighted by atomic mass is 31.0. The lowest BCUT2D eigenvalue weighted by Crippen LogP contribution is -2.32. The van der Waals surface area contributed by atoms with Crippen molar-refractivity contribution < 1.29 is 4.79 Å². The van der Waals surface area contributed by atoms with Crippen molar-refractivity contribution in [2.45, 2.75) is 20.0 Å². The third-order valence-electron chi connectivity index (χ3n) is 5.15. The molecule has 0 saturated heterocycles. The molecule has 0 spiro atoms. The third-order valence-corrected chi connectivity index (χ3v) is 5.68. The van der Waals surface area contributed by atoms with Gasteiger partial charge in [-0.3, -0.25) is 14.8 Å². The van der Waals surface area contributed by atoms with Crippen molar-refractivity contribution in [1.82, 2.24) is 19.9 Å². The zero-order valence-electron chi connectivity index (χ0n) is 17.5. The first-order chi connectivity index (χ1) is 15.4. The Morgan fingerprint density at radius 2 is 2.00 bits per heavy atom. The summed E-state index contributed by atoms with van der Waals surface area (Å²) in [5, 5.41) is 10.8. The van der Waals surface area contributed by atoms with E-state index in [1.165, 1.54) is 6.20 Å². The van der Waals surface area contributed by atoms with Gasteiger partial charge in [0.25, 0.3) is 5.91 Å². The van der Waals surface area contributed by atoms with Crippen LogP contribution in [0.1, 0.15) is 32.9 Å². The van der Waals surface area contributed by atoms with Crippen LogP contribution >= 0.6 is 9.24 Å². The summed E-state index contributed by atoms with van der Waals surface area (Å²) < 4.78 is 0. The quantitative estimate of drug-likeness (QED) is 0.478. The van der Waals surface area contributed by atoms with Gasteiger partial charge in [0.15, 0.2) is 0 Å². The predicted molar refractivity (Wildman–Crippen MR) is 127 cm³/mol. The number of nitrogens with zero attached hydrogens (tertiary/aromatic N) is 5. The molecule has 0 aliphatic carbocycles. The van der Waals surface area contributed by atoms with Crippen LogP contribution in [0.25, 0.3) is 10.9 Å². The highest BCUT2D eigenvalue weighted by molar-refractivity contribution is 7.27. The monoisotopic (exact) mass is 440 g/mol. The van der Waals surface area contributed by atoms with Crippen molar-refractivity contribution in [1.29, 1.82) is 5.26 Å². The Morgan fingerprint density at radius 3 is 2.72 bits per heavy atom. The average molecular weight is 440 g/mol. The van der Waals surface area contributed by atoms with E-state index in [1.54, 1.807) is 35.4 Å². The number of aromatic nitrogens is 3. The summed E-state index contributed by atoms with van der Waals surface area (Å²) in [6.07, 6.45) is 3.22. The molecule has 0 bridgehead atoms. The first-order valence-corrected chi connectivity index (χ1v) is 10.5. The first kappa shape index (κ1) is 21.4. The standard InChI is InChI=1S/C24H21N6OP/c1-15-9-18-10-17(5-7-20(18)29-23(15)26)24(31)30(14-21-22(32)3-2-8-27-21)13-19-6-4-16(11-25)12-28-19/h2-10,12H,13-14,32H2,1H3,(H2,26,29). The molecule has 1 amide bonds. The molecule has 2 N–H and O–H groups in total. The van der Waals surface area contributed by atoms with E-state index >= 15 is 0 Å². The number of carbonyl (C=O) groups is 1. The second-order valence-electron chi connectivity index (χ2n) is 7.45. The van der Waals surface area contributed by atoms with E-state index in [-0.39, 0.29) is 12.5 Å². The number of benzene rings is 1. The lowest BCUT2D eigenvalue weighted by atomic mass is 10.1. The molecule has 0 radical (unpaired) electrons. The van der Waals surface area contributed by atoms with Gasteiger partial charge in [0, 0.05) is 23.3 Å². The van der Waals surface area contributed by atoms with Gasteiger partial charge in [-0.05, 0) is 60.3 Å². The molecule has 1 atom stereocenters. The summed E-state index contributed by atoms with van der Waals surface area (Å²) in [6, 6.07) is 16.6. The molecule has 3 aromatic heterocycles. The van der Waals surface area contributed by atoms with Gasteiger partial charge in [-0.25, -0.2) is 4.98 Å². The van der Waals surface area contributed by atoms with Crippen LogP contribution in [-0.4, -0.2) is 25.8 Å². The molecule has 4 rings (SSSR count). The SMILES string of the molecule is Cc1cc2cc(C(=O)N(Cc3ccc(C#N)cn3)Cc3ncccc3P)ccc2nc1N. The number of nitrogens with two attached hydrogens (primary N) is 1. The van der Waals surface area contributed by atoms with Crippen LogP contribution in [0.5, 0.6) is 0 Å². The summed E-state index contributed by atoms with van der Waals surface area (Å²) in [5.74, 6) is 0.329. The number of pyridine rings is 3. The molecule has 8 heteroatoms. The van der Waals surface area contributed by atoms with Gasteiger partial charge in [0.05, 0.1) is 35.6 Å². The predicted octanol–water partition coefficient (Wildman–Crippen LogP) is 3.13. The van der Waals surface area contributed by atoms with Crippen molar-refractivity contribution in [2.24, 2.45) is 0 Å². The number of amides is 1. The summed E-state index contributed by atoms with van der Waals surface area (Å²) >= 11 is 0. The van der Waals surface area contributed by atoms with Crippen LogP contribution < -0.4 is 11.0 Å². The van der Waals surface area contributed by atoms with E-state index in [2.05, 4.69) is 30.3 Å². The topological polar surface area (TPSA) is 109 Å². The largest absolute Gasteiger partial charge is 0.383 e. The van der Waals surface area contributed by atoms with Crippen LogP contribution in [-0.2, 0) is 13.1 Å². The Balaban J connectivity index is 1.69. The number of hydrogen-bond acceptors (Lipinski definition) is 6. The molecule has 0 saturated carbocycles. The molecule has 0 fully saturated rings. The van der Waals surface area contributed by atoms with Crippen molar-refractivity contribution in [2.75, 3.05) is 5.73 Å². The maximum atomic E-state index is 13.5. The Morgan fingerprint density at radius 1 is 1.16 bits per heavy atom. The molecule has 4 aromatic rings. The van der Waals surface area contributed by atoms with E-state index in [0.29, 0.717) is 29.2 Å². The fraction of sp³-hybridized carbons (Fsp3) is 0.125. The van der Waals surface area contributed by atoms with Crippen LogP contribution in [0.2, 0.25) is 0 Å². The first-order valence-electron chi connectivity index (χ1n) is 9.95. The third kappa shape index (κ3) is 4.56. The van der Waals surface area contributed by atoms with E-state index in [4.69, 9.17) is 11.0 Å². The van der Waals surface area contributed by atoms with Gasteiger partial charge < -0.3 is 10.6 Å². The second-order valence-corrected chi connectivity index (χ2v) is 8.07. The normalized spacial score (nSPS) is 10.7. The summed E-state index contributed by atoms with van der Waals surface area (Å²) in [6.45, 7) is 2.49. The van der Waals surface area contributed by atoms with E-state index in [1.807, 2.05) is 31.2 Å². The average Bonchev–Trinajstić information content (AvgIpc) is 2.80. The van der Waals surface area contributed by atoms with Crippen molar-refractivity contribution >= 4 is 37.2 Å². The lowest BCUT2D eigenvalue weighted by Gasteiger charge is -2.23. The molecular weight excluding hydrogens is 419 g/mol. The lowest BCUT2D eigenvalue weighted by molar-refractivity contribution is 0.0726. The molecule has 7 nitrogen and oxygen atoms in total. The van der Waals surface area contributed by atoms with Crippen LogP contribution in [0, 0.1) is 18.3 Å². The Hall–Kier alpha value is -3.88. The summed E-state index contributed by atoms with van der Waals surface area (Å²) in [7, 11) is 2.66. The van der Waals surface area contributed by atoms with Gasteiger partial charge in [-0.2, -0.15) is 5.26 Å². The van der Waals surface area contributed by atoms with Gasteiger partial charge in [-0.15, -0.1) is 9.24 Å².